The lowest BCUT2D eigenvalue weighted by Crippen LogP contribution is -2.55. The number of carbonyl (C=O) groups is 1. The first kappa shape index (κ1) is 14.4. The Labute approximate surface area is 115 Å². The van der Waals surface area contributed by atoms with Gasteiger partial charge in [0.05, 0.1) is 23.7 Å². The quantitative estimate of drug-likeness (QED) is 0.614. The molecule has 1 aliphatic rings. The lowest BCUT2D eigenvalue weighted by atomic mass is 10.0. The van der Waals surface area contributed by atoms with Gasteiger partial charge in [0.25, 0.3) is 11.6 Å². The van der Waals surface area contributed by atoms with Gasteiger partial charge in [-0.1, -0.05) is 0 Å². The zero-order valence-corrected chi connectivity index (χ0v) is 11.3. The highest BCUT2D eigenvalue weighted by Gasteiger charge is 2.37. The van der Waals surface area contributed by atoms with Gasteiger partial charge in [0.1, 0.15) is 11.4 Å². The van der Waals surface area contributed by atoms with Crippen LogP contribution in [-0.2, 0) is 4.74 Å². The standard InChI is InChI=1S/C13H15FN2O4/c1-13(2)8-20-6-5-15(13)12(17)10-7-9(14)3-4-11(10)16(18)19/h3-4,7H,5-6,8H2,1-2H3. The second-order valence-electron chi connectivity index (χ2n) is 5.24. The van der Waals surface area contributed by atoms with Crippen molar-refractivity contribution in [1.82, 2.24) is 4.90 Å². The zero-order chi connectivity index (χ0) is 14.9. The van der Waals surface area contributed by atoms with Crippen LogP contribution in [0.3, 0.4) is 0 Å². The van der Waals surface area contributed by atoms with E-state index in [1.54, 1.807) is 13.8 Å². The van der Waals surface area contributed by atoms with Gasteiger partial charge in [-0.3, -0.25) is 14.9 Å². The first-order valence-corrected chi connectivity index (χ1v) is 6.16. The lowest BCUT2D eigenvalue weighted by molar-refractivity contribution is -0.385. The average Bonchev–Trinajstić information content (AvgIpc) is 2.37. The van der Waals surface area contributed by atoms with E-state index in [0.29, 0.717) is 19.8 Å². The fourth-order valence-electron chi connectivity index (χ4n) is 2.22. The summed E-state index contributed by atoms with van der Waals surface area (Å²) in [6.07, 6.45) is 0. The molecular weight excluding hydrogens is 267 g/mol. The number of nitro benzene ring substituents is 1. The number of amides is 1. The van der Waals surface area contributed by atoms with Crippen LogP contribution in [0.25, 0.3) is 0 Å². The minimum absolute atomic E-state index is 0.232. The van der Waals surface area contributed by atoms with Crippen molar-refractivity contribution in [1.29, 1.82) is 0 Å². The first-order valence-electron chi connectivity index (χ1n) is 6.16. The predicted molar refractivity (Wildman–Crippen MR) is 69.0 cm³/mol. The fraction of sp³-hybridized carbons (Fsp3) is 0.462. The summed E-state index contributed by atoms with van der Waals surface area (Å²) < 4.78 is 18.6. The van der Waals surface area contributed by atoms with Crippen molar-refractivity contribution in [3.8, 4) is 0 Å². The Morgan fingerprint density at radius 1 is 1.50 bits per heavy atom. The van der Waals surface area contributed by atoms with E-state index in [4.69, 9.17) is 4.74 Å². The molecule has 1 fully saturated rings. The number of hydrogen-bond donors (Lipinski definition) is 0. The molecule has 0 unspecified atom stereocenters. The minimum atomic E-state index is -0.680. The van der Waals surface area contributed by atoms with Crippen molar-refractivity contribution in [3.05, 3.63) is 39.7 Å². The smallest absolute Gasteiger partial charge is 0.282 e. The van der Waals surface area contributed by atoms with Crippen molar-refractivity contribution in [2.24, 2.45) is 0 Å². The molecule has 1 heterocycles. The normalized spacial score (nSPS) is 17.9. The molecule has 0 bridgehead atoms. The summed E-state index contributed by atoms with van der Waals surface area (Å²) in [7, 11) is 0. The van der Waals surface area contributed by atoms with Crippen LogP contribution in [-0.4, -0.2) is 41.0 Å². The molecule has 0 aliphatic carbocycles. The third kappa shape index (κ3) is 2.62. The van der Waals surface area contributed by atoms with Crippen molar-refractivity contribution < 1.29 is 18.8 Å². The van der Waals surface area contributed by atoms with Crippen LogP contribution in [0.1, 0.15) is 24.2 Å². The average molecular weight is 282 g/mol. The number of benzene rings is 1. The van der Waals surface area contributed by atoms with Gasteiger partial charge >= 0.3 is 0 Å². The number of ether oxygens (including phenoxy) is 1. The molecule has 0 aromatic heterocycles. The summed E-state index contributed by atoms with van der Waals surface area (Å²) in [6.45, 7) is 4.62. The Hall–Kier alpha value is -2.02. The molecule has 6 nitrogen and oxygen atoms in total. The lowest BCUT2D eigenvalue weighted by Gasteiger charge is -2.42. The Bertz CT molecular complexity index is 559. The molecule has 0 N–H and O–H groups in total. The van der Waals surface area contributed by atoms with E-state index in [1.807, 2.05) is 0 Å². The number of nitrogens with zero attached hydrogens (tertiary/aromatic N) is 2. The van der Waals surface area contributed by atoms with Gasteiger partial charge in [0, 0.05) is 12.6 Å². The van der Waals surface area contributed by atoms with Crippen LogP contribution in [0.5, 0.6) is 0 Å². The van der Waals surface area contributed by atoms with Gasteiger partial charge in [0.15, 0.2) is 0 Å². The molecule has 20 heavy (non-hydrogen) atoms. The van der Waals surface area contributed by atoms with Crippen LogP contribution in [0.4, 0.5) is 10.1 Å². The molecule has 1 aliphatic heterocycles. The molecule has 0 atom stereocenters. The topological polar surface area (TPSA) is 72.7 Å². The third-order valence-electron chi connectivity index (χ3n) is 3.28. The van der Waals surface area contributed by atoms with Crippen LogP contribution < -0.4 is 0 Å². The molecular formula is C13H15FN2O4. The van der Waals surface area contributed by atoms with E-state index in [0.717, 1.165) is 18.2 Å². The summed E-state index contributed by atoms with van der Waals surface area (Å²) in [5.74, 6) is -1.23. The molecule has 0 radical (unpaired) electrons. The van der Waals surface area contributed by atoms with Crippen molar-refractivity contribution >= 4 is 11.6 Å². The molecule has 108 valence electrons. The number of carbonyl (C=O) groups excluding carboxylic acids is 1. The summed E-state index contributed by atoms with van der Waals surface area (Å²) in [6, 6.07) is 2.89. The van der Waals surface area contributed by atoms with Crippen molar-refractivity contribution in [2.45, 2.75) is 19.4 Å². The molecule has 7 heteroatoms. The van der Waals surface area contributed by atoms with Gasteiger partial charge in [-0.15, -0.1) is 0 Å². The monoisotopic (exact) mass is 282 g/mol. The van der Waals surface area contributed by atoms with Gasteiger partial charge < -0.3 is 9.64 Å². The molecule has 1 amide bonds. The summed E-state index contributed by atoms with van der Waals surface area (Å²) >= 11 is 0. The summed E-state index contributed by atoms with van der Waals surface area (Å²) in [4.78, 5) is 24.3. The first-order chi connectivity index (χ1) is 9.33. The number of morpholine rings is 1. The highest BCUT2D eigenvalue weighted by atomic mass is 19.1. The Kier molecular flexibility index (Phi) is 3.71. The third-order valence-corrected chi connectivity index (χ3v) is 3.28. The number of rotatable bonds is 2. The Balaban J connectivity index is 2.42. The number of nitro groups is 1. The van der Waals surface area contributed by atoms with E-state index >= 15 is 0 Å². The molecule has 1 aromatic rings. The van der Waals surface area contributed by atoms with E-state index < -0.39 is 27.9 Å². The summed E-state index contributed by atoms with van der Waals surface area (Å²) in [5.41, 5.74) is -1.21. The largest absolute Gasteiger partial charge is 0.377 e. The second-order valence-corrected chi connectivity index (χ2v) is 5.24. The number of hydrogen-bond acceptors (Lipinski definition) is 4. The molecule has 1 aromatic carbocycles. The van der Waals surface area contributed by atoms with Crippen LogP contribution >= 0.6 is 0 Å². The van der Waals surface area contributed by atoms with E-state index in [-0.39, 0.29) is 5.56 Å². The minimum Gasteiger partial charge on any atom is -0.377 e. The SMILES string of the molecule is CC1(C)COCCN1C(=O)c1cc(F)ccc1[N+](=O)[O-]. The highest BCUT2D eigenvalue weighted by Crippen LogP contribution is 2.26. The van der Waals surface area contributed by atoms with Crippen molar-refractivity contribution in [2.75, 3.05) is 19.8 Å². The maximum atomic E-state index is 13.3. The van der Waals surface area contributed by atoms with Crippen molar-refractivity contribution in [3.63, 3.8) is 0 Å². The van der Waals surface area contributed by atoms with Gasteiger partial charge in [-0.2, -0.15) is 0 Å². The maximum absolute atomic E-state index is 13.3. The van der Waals surface area contributed by atoms with Crippen LogP contribution in [0, 0.1) is 15.9 Å². The van der Waals surface area contributed by atoms with Gasteiger partial charge in [-0.25, -0.2) is 4.39 Å². The summed E-state index contributed by atoms with van der Waals surface area (Å²) in [5, 5.41) is 11.0. The zero-order valence-electron chi connectivity index (χ0n) is 11.3. The van der Waals surface area contributed by atoms with E-state index in [9.17, 15) is 19.3 Å². The fourth-order valence-corrected chi connectivity index (χ4v) is 2.22. The molecule has 0 saturated carbocycles. The van der Waals surface area contributed by atoms with E-state index in [2.05, 4.69) is 0 Å². The Morgan fingerprint density at radius 3 is 2.80 bits per heavy atom. The Morgan fingerprint density at radius 2 is 2.20 bits per heavy atom. The van der Waals surface area contributed by atoms with Crippen LogP contribution in [0.15, 0.2) is 18.2 Å². The predicted octanol–water partition coefficient (Wildman–Crippen LogP) is 1.98. The van der Waals surface area contributed by atoms with Gasteiger partial charge in [-0.05, 0) is 26.0 Å². The molecule has 1 saturated heterocycles. The van der Waals surface area contributed by atoms with Crippen LogP contribution in [0.2, 0.25) is 0 Å². The molecule has 2 rings (SSSR count). The maximum Gasteiger partial charge on any atom is 0.282 e. The second kappa shape index (κ2) is 5.16. The van der Waals surface area contributed by atoms with E-state index in [1.165, 1.54) is 4.90 Å². The number of halogens is 1. The molecule has 0 spiro atoms. The van der Waals surface area contributed by atoms with Gasteiger partial charge in [0.2, 0.25) is 0 Å². The highest BCUT2D eigenvalue weighted by molar-refractivity contribution is 5.98.